The molecule has 0 radical (unpaired) electrons. The highest BCUT2D eigenvalue weighted by Crippen LogP contribution is 2.43. The second-order valence-corrected chi connectivity index (χ2v) is 7.39. The third-order valence-corrected chi connectivity index (χ3v) is 6.01. The summed E-state index contributed by atoms with van der Waals surface area (Å²) < 4.78 is 5.51. The highest BCUT2D eigenvalue weighted by molar-refractivity contribution is 5.96. The number of benzene rings is 1. The van der Waals surface area contributed by atoms with Gasteiger partial charge in [0.25, 0.3) is 5.91 Å². The minimum atomic E-state index is -0.253. The lowest BCUT2D eigenvalue weighted by atomic mass is 9.67. The third-order valence-electron chi connectivity index (χ3n) is 6.01. The average molecular weight is 315 g/mol. The zero-order valence-corrected chi connectivity index (χ0v) is 13.6. The van der Waals surface area contributed by atoms with Crippen molar-refractivity contribution in [3.8, 4) is 0 Å². The Bertz CT molecular complexity index is 611. The monoisotopic (exact) mass is 315 g/mol. The van der Waals surface area contributed by atoms with E-state index in [1.54, 1.807) is 0 Å². The first kappa shape index (κ1) is 15.2. The van der Waals surface area contributed by atoms with E-state index < -0.39 is 0 Å². The maximum atomic E-state index is 13.1. The van der Waals surface area contributed by atoms with Crippen molar-refractivity contribution in [2.45, 2.75) is 57.8 Å². The molecule has 2 fully saturated rings. The Morgan fingerprint density at radius 2 is 2.09 bits per heavy atom. The van der Waals surface area contributed by atoms with Gasteiger partial charge >= 0.3 is 0 Å². The minimum absolute atomic E-state index is 0.0688. The van der Waals surface area contributed by atoms with E-state index in [4.69, 9.17) is 4.74 Å². The van der Waals surface area contributed by atoms with E-state index in [-0.39, 0.29) is 17.4 Å². The first-order chi connectivity index (χ1) is 11.2. The molecule has 1 aliphatic carbocycles. The zero-order valence-electron chi connectivity index (χ0n) is 13.6. The Kier molecular flexibility index (Phi) is 3.90. The molecule has 2 heterocycles. The van der Waals surface area contributed by atoms with Crippen LogP contribution in [0, 0.1) is 5.41 Å². The van der Waals surface area contributed by atoms with Crippen molar-refractivity contribution in [3.63, 3.8) is 0 Å². The van der Waals surface area contributed by atoms with Crippen molar-refractivity contribution < 1.29 is 14.6 Å². The lowest BCUT2D eigenvalue weighted by Gasteiger charge is -2.48. The number of aliphatic hydroxyl groups excluding tert-OH is 1. The Labute approximate surface area is 137 Å². The number of hydrogen-bond donors (Lipinski definition) is 1. The van der Waals surface area contributed by atoms with Gasteiger partial charge in [0.05, 0.1) is 19.3 Å². The summed E-state index contributed by atoms with van der Waals surface area (Å²) in [5.74, 6) is 0.115. The van der Waals surface area contributed by atoms with Crippen LogP contribution in [0.1, 0.15) is 60.0 Å². The van der Waals surface area contributed by atoms with Crippen LogP contribution in [0.5, 0.6) is 0 Å². The number of carbonyl (C=O) groups excluding carboxylic acids is 1. The Morgan fingerprint density at radius 3 is 2.96 bits per heavy atom. The van der Waals surface area contributed by atoms with Crippen LogP contribution in [-0.4, -0.2) is 35.1 Å². The summed E-state index contributed by atoms with van der Waals surface area (Å²) in [4.78, 5) is 15.1. The number of aliphatic hydroxyl groups is 1. The Hall–Kier alpha value is -1.39. The van der Waals surface area contributed by atoms with E-state index in [1.165, 1.54) is 6.42 Å². The van der Waals surface area contributed by atoms with Gasteiger partial charge in [-0.3, -0.25) is 4.79 Å². The largest absolute Gasteiger partial charge is 0.392 e. The molecule has 1 spiro atoms. The Morgan fingerprint density at radius 1 is 1.22 bits per heavy atom. The predicted octanol–water partition coefficient (Wildman–Crippen LogP) is 2.87. The smallest absolute Gasteiger partial charge is 0.254 e. The van der Waals surface area contributed by atoms with Gasteiger partial charge in [0.1, 0.15) is 0 Å². The number of hydrogen-bond acceptors (Lipinski definition) is 3. The summed E-state index contributed by atoms with van der Waals surface area (Å²) in [6.45, 7) is 2.66. The van der Waals surface area contributed by atoms with E-state index in [1.807, 2.05) is 23.1 Å². The second-order valence-electron chi connectivity index (χ2n) is 7.39. The van der Waals surface area contributed by atoms with Gasteiger partial charge in [-0.05, 0) is 42.9 Å². The van der Waals surface area contributed by atoms with E-state index in [0.29, 0.717) is 19.8 Å². The van der Waals surface area contributed by atoms with Crippen molar-refractivity contribution in [3.05, 3.63) is 34.9 Å². The van der Waals surface area contributed by atoms with Gasteiger partial charge in [0.15, 0.2) is 0 Å². The molecule has 0 bridgehead atoms. The lowest BCUT2D eigenvalue weighted by Crippen LogP contribution is -2.52. The standard InChI is InChI=1S/C19H25NO3/c21-17-7-1-2-8-19(17)9-4-10-20(13-19)18(22)15-6-3-5-14-11-23-12-16(14)15/h3,5-6,17,21H,1-2,4,7-13H2. The Balaban J connectivity index is 1.58. The molecule has 1 saturated carbocycles. The molecular weight excluding hydrogens is 290 g/mol. The van der Waals surface area contributed by atoms with Crippen LogP contribution >= 0.6 is 0 Å². The maximum absolute atomic E-state index is 13.1. The molecule has 1 aromatic carbocycles. The van der Waals surface area contributed by atoms with Gasteiger partial charge in [0, 0.05) is 24.1 Å². The van der Waals surface area contributed by atoms with E-state index in [0.717, 1.165) is 55.3 Å². The predicted molar refractivity (Wildman–Crippen MR) is 87.0 cm³/mol. The molecule has 1 saturated heterocycles. The van der Waals surface area contributed by atoms with Crippen LogP contribution in [-0.2, 0) is 18.0 Å². The highest BCUT2D eigenvalue weighted by atomic mass is 16.5. The topological polar surface area (TPSA) is 49.8 Å². The molecule has 2 atom stereocenters. The number of likely N-dealkylation sites (tertiary alicyclic amines) is 1. The third kappa shape index (κ3) is 2.58. The van der Waals surface area contributed by atoms with Gasteiger partial charge in [0.2, 0.25) is 0 Å². The summed E-state index contributed by atoms with van der Waals surface area (Å²) in [5.41, 5.74) is 2.92. The van der Waals surface area contributed by atoms with Crippen LogP contribution in [0.4, 0.5) is 0 Å². The molecule has 1 amide bonds. The summed E-state index contributed by atoms with van der Waals surface area (Å²) >= 11 is 0. The average Bonchev–Trinajstić information content (AvgIpc) is 3.06. The number of fused-ring (bicyclic) bond motifs is 1. The van der Waals surface area contributed by atoms with Crippen molar-refractivity contribution >= 4 is 5.91 Å². The fourth-order valence-electron chi connectivity index (χ4n) is 4.67. The van der Waals surface area contributed by atoms with E-state index >= 15 is 0 Å². The quantitative estimate of drug-likeness (QED) is 0.867. The van der Waals surface area contributed by atoms with Crippen LogP contribution in [0.25, 0.3) is 0 Å². The van der Waals surface area contributed by atoms with Crippen molar-refractivity contribution in [1.82, 2.24) is 4.90 Å². The SMILES string of the molecule is O=C(c1cccc2c1COC2)N1CCCC2(CCCCC2O)C1. The van der Waals surface area contributed by atoms with Crippen LogP contribution in [0.2, 0.25) is 0 Å². The molecule has 4 nitrogen and oxygen atoms in total. The molecule has 1 N–H and O–H groups in total. The summed E-state index contributed by atoms with van der Waals surface area (Å²) in [6.07, 6.45) is 6.01. The minimum Gasteiger partial charge on any atom is -0.392 e. The molecular formula is C19H25NO3. The number of ether oxygens (including phenoxy) is 1. The molecule has 4 heteroatoms. The van der Waals surface area contributed by atoms with Crippen molar-refractivity contribution in [1.29, 1.82) is 0 Å². The first-order valence-electron chi connectivity index (χ1n) is 8.85. The molecule has 2 aliphatic heterocycles. The van der Waals surface area contributed by atoms with Gasteiger partial charge in [-0.1, -0.05) is 25.0 Å². The number of carbonyl (C=O) groups is 1. The summed E-state index contributed by atoms with van der Waals surface area (Å²) in [6, 6.07) is 5.92. The van der Waals surface area contributed by atoms with Crippen LogP contribution in [0.3, 0.4) is 0 Å². The van der Waals surface area contributed by atoms with Crippen LogP contribution in [0.15, 0.2) is 18.2 Å². The molecule has 2 unspecified atom stereocenters. The van der Waals surface area contributed by atoms with Gasteiger partial charge < -0.3 is 14.7 Å². The molecule has 0 aromatic heterocycles. The normalized spacial score (nSPS) is 30.5. The number of amides is 1. The summed E-state index contributed by atoms with van der Waals surface area (Å²) in [5, 5.41) is 10.6. The molecule has 23 heavy (non-hydrogen) atoms. The highest BCUT2D eigenvalue weighted by Gasteiger charge is 2.44. The van der Waals surface area contributed by atoms with Crippen molar-refractivity contribution in [2.75, 3.05) is 13.1 Å². The number of nitrogens with zero attached hydrogens (tertiary/aromatic N) is 1. The maximum Gasteiger partial charge on any atom is 0.254 e. The van der Waals surface area contributed by atoms with Crippen LogP contribution < -0.4 is 0 Å². The number of rotatable bonds is 1. The molecule has 124 valence electrons. The van der Waals surface area contributed by atoms with Gasteiger partial charge in [-0.2, -0.15) is 0 Å². The first-order valence-corrected chi connectivity index (χ1v) is 8.85. The molecule has 1 aromatic rings. The second kappa shape index (κ2) is 5.91. The zero-order chi connectivity index (χ0) is 15.9. The fraction of sp³-hybridized carbons (Fsp3) is 0.632. The molecule has 3 aliphatic rings. The summed E-state index contributed by atoms with van der Waals surface area (Å²) in [7, 11) is 0. The van der Waals surface area contributed by atoms with Gasteiger partial charge in [-0.15, -0.1) is 0 Å². The van der Waals surface area contributed by atoms with E-state index in [9.17, 15) is 9.90 Å². The molecule has 4 rings (SSSR count). The fourth-order valence-corrected chi connectivity index (χ4v) is 4.67. The van der Waals surface area contributed by atoms with E-state index in [2.05, 4.69) is 0 Å². The van der Waals surface area contributed by atoms with Gasteiger partial charge in [-0.25, -0.2) is 0 Å². The number of piperidine rings is 1. The van der Waals surface area contributed by atoms with Crippen molar-refractivity contribution in [2.24, 2.45) is 5.41 Å². The lowest BCUT2D eigenvalue weighted by molar-refractivity contribution is -0.0529.